The van der Waals surface area contributed by atoms with Gasteiger partial charge >= 0.3 is 35.8 Å². The molecule has 5 rings (SSSR count). The van der Waals surface area contributed by atoms with Crippen LogP contribution >= 0.6 is 0 Å². The van der Waals surface area contributed by atoms with Gasteiger partial charge in [0.25, 0.3) is 0 Å². The number of hydrogen-bond acceptors (Lipinski definition) is 14. The lowest BCUT2D eigenvalue weighted by molar-refractivity contribution is -0.371. The Morgan fingerprint density at radius 2 is 1.34 bits per heavy atom. The molecule has 50 heavy (non-hydrogen) atoms. The van der Waals surface area contributed by atoms with Gasteiger partial charge in [-0.15, -0.1) is 0 Å². The zero-order valence-electron chi connectivity index (χ0n) is 30.1. The van der Waals surface area contributed by atoms with Crippen LogP contribution < -0.4 is 0 Å². The third kappa shape index (κ3) is 7.15. The first-order valence-electron chi connectivity index (χ1n) is 17.4. The van der Waals surface area contributed by atoms with Crippen molar-refractivity contribution in [1.82, 2.24) is 0 Å². The number of esters is 6. The molecule has 3 unspecified atom stereocenters. The van der Waals surface area contributed by atoms with Crippen molar-refractivity contribution >= 4 is 35.8 Å². The lowest BCUT2D eigenvalue weighted by Crippen LogP contribution is -2.67. The predicted molar refractivity (Wildman–Crippen MR) is 170 cm³/mol. The van der Waals surface area contributed by atoms with Crippen LogP contribution in [0.4, 0.5) is 0 Å². The van der Waals surface area contributed by atoms with Crippen LogP contribution in [-0.2, 0) is 66.7 Å². The molecule has 0 radical (unpaired) electrons. The average molecular weight is 707 g/mol. The lowest BCUT2D eigenvalue weighted by atomic mass is 9.46. The van der Waals surface area contributed by atoms with Crippen molar-refractivity contribution in [3.8, 4) is 0 Å². The van der Waals surface area contributed by atoms with Crippen molar-refractivity contribution in [1.29, 1.82) is 0 Å². The van der Waals surface area contributed by atoms with Crippen molar-refractivity contribution in [3.05, 3.63) is 11.6 Å². The molecule has 4 fully saturated rings. The van der Waals surface area contributed by atoms with Crippen LogP contribution in [0.3, 0.4) is 0 Å². The first kappa shape index (κ1) is 37.7. The van der Waals surface area contributed by atoms with E-state index in [0.717, 1.165) is 72.0 Å². The van der Waals surface area contributed by atoms with E-state index in [2.05, 4.69) is 13.8 Å². The van der Waals surface area contributed by atoms with E-state index < -0.39 is 84.3 Å². The molecular weight excluding hydrogens is 656 g/mol. The monoisotopic (exact) mass is 706 g/mol. The zero-order valence-corrected chi connectivity index (χ0v) is 30.1. The van der Waals surface area contributed by atoms with Gasteiger partial charge in [-0.05, 0) is 67.3 Å². The van der Waals surface area contributed by atoms with Crippen LogP contribution in [0.1, 0.15) is 99.8 Å². The summed E-state index contributed by atoms with van der Waals surface area (Å²) in [5.74, 6) is -6.71. The van der Waals surface area contributed by atoms with Gasteiger partial charge in [0.05, 0.1) is 7.11 Å². The summed E-state index contributed by atoms with van der Waals surface area (Å²) >= 11 is 0. The van der Waals surface area contributed by atoms with Crippen molar-refractivity contribution in [2.24, 2.45) is 28.6 Å². The second-order valence-corrected chi connectivity index (χ2v) is 15.0. The molecule has 0 bridgehead atoms. The third-order valence-electron chi connectivity index (χ3n) is 11.6. The highest BCUT2D eigenvalue weighted by Gasteiger charge is 2.67. The number of methoxy groups -OCH3 is 1. The maximum absolute atomic E-state index is 13.2. The smallest absolute Gasteiger partial charge is 0.339 e. The normalized spacial score (nSPS) is 40.4. The third-order valence-corrected chi connectivity index (χ3v) is 11.6. The Hall–Kier alpha value is -3.52. The highest BCUT2D eigenvalue weighted by molar-refractivity contribution is 5.77. The molecule has 0 aromatic rings. The van der Waals surface area contributed by atoms with Gasteiger partial charge in [0.15, 0.2) is 24.4 Å². The Morgan fingerprint density at radius 3 is 1.94 bits per heavy atom. The van der Waals surface area contributed by atoms with Gasteiger partial charge in [0, 0.05) is 47.0 Å². The molecule has 0 amide bonds. The van der Waals surface area contributed by atoms with Gasteiger partial charge in [-0.25, -0.2) is 4.79 Å². The maximum Gasteiger partial charge on any atom is 0.339 e. The topological polar surface area (TPSA) is 176 Å². The minimum absolute atomic E-state index is 0.0402. The summed E-state index contributed by atoms with van der Waals surface area (Å²) in [7, 11) is 1.11. The highest BCUT2D eigenvalue weighted by Crippen LogP contribution is 2.68. The van der Waals surface area contributed by atoms with Crippen LogP contribution in [0.2, 0.25) is 0 Å². The first-order valence-corrected chi connectivity index (χ1v) is 17.4. The number of carbonyl (C=O) groups is 6. The number of ether oxygens (including phenoxy) is 8. The minimum atomic E-state index is -1.82. The molecule has 1 aliphatic heterocycles. The van der Waals surface area contributed by atoms with Crippen LogP contribution in [0.5, 0.6) is 0 Å². The van der Waals surface area contributed by atoms with E-state index in [1.165, 1.54) is 13.8 Å². The fourth-order valence-electron chi connectivity index (χ4n) is 9.74. The Bertz CT molecular complexity index is 1420. The van der Waals surface area contributed by atoms with Crippen LogP contribution in [0.15, 0.2) is 11.6 Å². The molecule has 278 valence electrons. The largest absolute Gasteiger partial charge is 0.467 e. The van der Waals surface area contributed by atoms with E-state index in [0.29, 0.717) is 12.8 Å². The highest BCUT2D eigenvalue weighted by atomic mass is 16.8. The molecule has 12 atom stereocenters. The Labute approximate surface area is 292 Å². The van der Waals surface area contributed by atoms with Crippen LogP contribution in [-0.4, -0.2) is 85.5 Å². The average Bonchev–Trinajstić information content (AvgIpc) is 3.40. The van der Waals surface area contributed by atoms with Crippen molar-refractivity contribution in [2.45, 2.75) is 142 Å². The molecule has 0 spiro atoms. The van der Waals surface area contributed by atoms with E-state index in [-0.39, 0.29) is 22.7 Å². The summed E-state index contributed by atoms with van der Waals surface area (Å²) in [5.41, 5.74) is 0.471. The second kappa shape index (κ2) is 14.2. The van der Waals surface area contributed by atoms with Gasteiger partial charge in [-0.1, -0.05) is 25.8 Å². The second-order valence-electron chi connectivity index (χ2n) is 15.0. The van der Waals surface area contributed by atoms with Crippen molar-refractivity contribution in [3.63, 3.8) is 0 Å². The van der Waals surface area contributed by atoms with Gasteiger partial charge in [0.1, 0.15) is 6.10 Å². The SMILES string of the molecule is COC(=O)[C@H]1O[C@@H](O[C@]2(OC(C)=O)C=C3C[C@@H](OC(C)=O)CC[C@]3(C)C3CC[C@]4(C)CCCC4C32)[C@H](OC(C)=O)[C@@H](OC(C)=O)[C@@H]1OC(C)=O. The molecule has 0 aromatic heterocycles. The fraction of sp³-hybridized carbons (Fsp3) is 0.778. The summed E-state index contributed by atoms with van der Waals surface area (Å²) in [6.45, 7) is 10.4. The van der Waals surface area contributed by atoms with Crippen molar-refractivity contribution < 1.29 is 66.7 Å². The number of fused-ring (bicyclic) bond motifs is 5. The van der Waals surface area contributed by atoms with E-state index >= 15 is 0 Å². The van der Waals surface area contributed by atoms with E-state index in [9.17, 15) is 28.8 Å². The van der Waals surface area contributed by atoms with Crippen LogP contribution in [0, 0.1) is 28.6 Å². The Morgan fingerprint density at radius 1 is 0.720 bits per heavy atom. The Balaban J connectivity index is 1.70. The minimum Gasteiger partial charge on any atom is -0.467 e. The summed E-state index contributed by atoms with van der Waals surface area (Å²) < 4.78 is 46.8. The molecule has 14 nitrogen and oxygen atoms in total. The molecule has 1 saturated heterocycles. The van der Waals surface area contributed by atoms with E-state index in [4.69, 9.17) is 37.9 Å². The summed E-state index contributed by atoms with van der Waals surface area (Å²) in [4.78, 5) is 75.7. The fourth-order valence-corrected chi connectivity index (χ4v) is 9.74. The maximum atomic E-state index is 13.2. The van der Waals surface area contributed by atoms with Gasteiger partial charge in [-0.2, -0.15) is 0 Å². The molecular formula is C36H50O14. The molecule has 0 N–H and O–H groups in total. The summed E-state index contributed by atoms with van der Waals surface area (Å²) in [5, 5.41) is 0. The molecule has 1 heterocycles. The number of hydrogen-bond donors (Lipinski definition) is 0. The van der Waals surface area contributed by atoms with Crippen LogP contribution in [0.25, 0.3) is 0 Å². The molecule has 4 aliphatic carbocycles. The van der Waals surface area contributed by atoms with Gasteiger partial charge < -0.3 is 37.9 Å². The van der Waals surface area contributed by atoms with Gasteiger partial charge in [0.2, 0.25) is 12.1 Å². The molecule has 0 aromatic carbocycles. The molecule has 3 saturated carbocycles. The zero-order chi connectivity index (χ0) is 36.8. The standard InChI is InChI=1S/C36H50O14/c1-18(37)44-24-11-15-35(7)23(16-24)17-36(49-22(5)41,27-25-10-9-13-34(25,6)14-12-26(27)35)50-33-31(47-21(4)40)29(46-20(3)39)28(45-19(2)38)30(48-33)32(42)43-8/h17,24-31,33H,9-16H2,1-8H3/t24-,25?,26?,27?,28-,29-,30-,31+,33-,34-,35-,36+/m0/s1. The predicted octanol–water partition coefficient (Wildman–Crippen LogP) is 3.85. The van der Waals surface area contributed by atoms with Gasteiger partial charge in [-0.3, -0.25) is 24.0 Å². The molecule has 14 heteroatoms. The van der Waals surface area contributed by atoms with E-state index in [1.807, 2.05) is 0 Å². The summed E-state index contributed by atoms with van der Waals surface area (Å²) in [6, 6.07) is 0. The van der Waals surface area contributed by atoms with Crippen molar-refractivity contribution in [2.75, 3.05) is 7.11 Å². The quantitative estimate of drug-likeness (QED) is 0.154. The number of rotatable bonds is 8. The van der Waals surface area contributed by atoms with E-state index in [1.54, 1.807) is 6.08 Å². The first-order chi connectivity index (χ1) is 23.4. The number of carbonyl (C=O) groups excluding carboxylic acids is 6. The molecule has 5 aliphatic rings. The Kier molecular flexibility index (Phi) is 10.7. The lowest BCUT2D eigenvalue weighted by Gasteiger charge is -2.62. The summed E-state index contributed by atoms with van der Waals surface area (Å²) in [6.07, 6.45) is -0.378.